The standard InChI is InChI=1S/C19H19NO4/c1-3-23-18(22)11-8-13-15(20-12(2)21)9-10-17-19(13)14-6-4-5-7-16(14)24-17/h4-7,9-10H,3,8,11H2,1-2H3,(H,20,21). The topological polar surface area (TPSA) is 68.5 Å². The third-order valence-electron chi connectivity index (χ3n) is 3.85. The highest BCUT2D eigenvalue weighted by Gasteiger charge is 2.16. The Bertz CT molecular complexity index is 910. The van der Waals surface area contributed by atoms with Gasteiger partial charge in [0.15, 0.2) is 0 Å². The number of nitrogens with one attached hydrogen (secondary N) is 1. The first kappa shape index (κ1) is 16.1. The van der Waals surface area contributed by atoms with Crippen molar-refractivity contribution in [3.63, 3.8) is 0 Å². The summed E-state index contributed by atoms with van der Waals surface area (Å²) in [4.78, 5) is 23.3. The molecule has 0 saturated heterocycles. The van der Waals surface area contributed by atoms with Gasteiger partial charge >= 0.3 is 5.97 Å². The van der Waals surface area contributed by atoms with Crippen LogP contribution in [0.5, 0.6) is 0 Å². The lowest BCUT2D eigenvalue weighted by Crippen LogP contribution is -2.10. The number of fused-ring (bicyclic) bond motifs is 3. The second-order valence-corrected chi connectivity index (χ2v) is 5.55. The molecule has 3 rings (SSSR count). The lowest BCUT2D eigenvalue weighted by molar-refractivity contribution is -0.143. The predicted octanol–water partition coefficient (Wildman–Crippen LogP) is 4.04. The molecule has 1 amide bonds. The molecule has 0 aliphatic carbocycles. The summed E-state index contributed by atoms with van der Waals surface area (Å²) in [5, 5.41) is 4.75. The van der Waals surface area contributed by atoms with Crippen LogP contribution in [0.1, 0.15) is 25.8 Å². The Labute approximate surface area is 139 Å². The quantitative estimate of drug-likeness (QED) is 0.719. The average molecular weight is 325 g/mol. The first-order valence-corrected chi connectivity index (χ1v) is 7.96. The number of carbonyl (C=O) groups excluding carboxylic acids is 2. The Morgan fingerprint density at radius 2 is 1.92 bits per heavy atom. The van der Waals surface area contributed by atoms with Gasteiger partial charge in [0, 0.05) is 29.8 Å². The van der Waals surface area contributed by atoms with Crippen molar-refractivity contribution in [3.05, 3.63) is 42.0 Å². The Balaban J connectivity index is 2.12. The average Bonchev–Trinajstić information content (AvgIpc) is 2.92. The molecule has 0 unspecified atom stereocenters. The third kappa shape index (κ3) is 3.11. The van der Waals surface area contributed by atoms with Crippen LogP contribution < -0.4 is 5.32 Å². The number of aryl methyl sites for hydroxylation is 1. The first-order chi connectivity index (χ1) is 11.6. The summed E-state index contributed by atoms with van der Waals surface area (Å²) in [6.07, 6.45) is 0.717. The highest BCUT2D eigenvalue weighted by atomic mass is 16.5. The van der Waals surface area contributed by atoms with Gasteiger partial charge in [0.25, 0.3) is 0 Å². The molecule has 1 aromatic heterocycles. The number of para-hydroxylation sites is 1. The molecule has 0 radical (unpaired) electrons. The zero-order valence-corrected chi connectivity index (χ0v) is 13.7. The normalized spacial score (nSPS) is 10.9. The van der Waals surface area contributed by atoms with Gasteiger partial charge in [-0.05, 0) is 37.1 Å². The molecular formula is C19H19NO4. The minimum Gasteiger partial charge on any atom is -0.466 e. The van der Waals surface area contributed by atoms with E-state index < -0.39 is 0 Å². The highest BCUT2D eigenvalue weighted by Crippen LogP contribution is 2.35. The van der Waals surface area contributed by atoms with Gasteiger partial charge in [-0.15, -0.1) is 0 Å². The fourth-order valence-electron chi connectivity index (χ4n) is 2.91. The zero-order chi connectivity index (χ0) is 17.1. The maximum Gasteiger partial charge on any atom is 0.306 e. The second kappa shape index (κ2) is 6.74. The molecule has 0 aliphatic rings. The number of benzene rings is 2. The molecule has 5 heteroatoms. The monoisotopic (exact) mass is 325 g/mol. The van der Waals surface area contributed by atoms with Gasteiger partial charge in [-0.25, -0.2) is 0 Å². The second-order valence-electron chi connectivity index (χ2n) is 5.55. The molecule has 0 atom stereocenters. The summed E-state index contributed by atoms with van der Waals surface area (Å²) in [5.74, 6) is -0.407. The number of hydrogen-bond donors (Lipinski definition) is 1. The van der Waals surface area contributed by atoms with Crippen molar-refractivity contribution < 1.29 is 18.7 Å². The Morgan fingerprint density at radius 3 is 2.67 bits per heavy atom. The van der Waals surface area contributed by atoms with E-state index in [4.69, 9.17) is 9.15 Å². The van der Waals surface area contributed by atoms with Gasteiger partial charge in [0.1, 0.15) is 11.2 Å². The summed E-state index contributed by atoms with van der Waals surface area (Å²) < 4.78 is 10.9. The molecule has 3 aromatic rings. The molecule has 124 valence electrons. The number of anilines is 1. The van der Waals surface area contributed by atoms with Crippen LogP contribution in [0.3, 0.4) is 0 Å². The van der Waals surface area contributed by atoms with Crippen molar-refractivity contribution >= 4 is 39.5 Å². The van der Waals surface area contributed by atoms with E-state index in [1.807, 2.05) is 36.4 Å². The van der Waals surface area contributed by atoms with Gasteiger partial charge < -0.3 is 14.5 Å². The van der Waals surface area contributed by atoms with Crippen LogP contribution in [0.15, 0.2) is 40.8 Å². The number of rotatable bonds is 5. The number of ether oxygens (including phenoxy) is 1. The van der Waals surface area contributed by atoms with E-state index in [1.54, 1.807) is 6.92 Å². The van der Waals surface area contributed by atoms with Crippen molar-refractivity contribution in [1.29, 1.82) is 0 Å². The van der Waals surface area contributed by atoms with Crippen LogP contribution in [-0.2, 0) is 20.7 Å². The van der Waals surface area contributed by atoms with Crippen molar-refractivity contribution in [3.8, 4) is 0 Å². The summed E-state index contributed by atoms with van der Waals surface area (Å²) in [5.41, 5.74) is 3.11. The highest BCUT2D eigenvalue weighted by molar-refractivity contribution is 6.09. The van der Waals surface area contributed by atoms with E-state index in [9.17, 15) is 9.59 Å². The molecule has 2 aromatic carbocycles. The maximum atomic E-state index is 11.8. The Morgan fingerprint density at radius 1 is 1.12 bits per heavy atom. The molecule has 0 bridgehead atoms. The van der Waals surface area contributed by atoms with E-state index in [-0.39, 0.29) is 18.3 Å². The Kier molecular flexibility index (Phi) is 4.51. The molecule has 5 nitrogen and oxygen atoms in total. The third-order valence-corrected chi connectivity index (χ3v) is 3.85. The molecule has 1 N–H and O–H groups in total. The molecule has 0 saturated carbocycles. The molecular weight excluding hydrogens is 306 g/mol. The molecule has 0 spiro atoms. The van der Waals surface area contributed by atoms with Crippen molar-refractivity contribution in [2.24, 2.45) is 0 Å². The minimum absolute atomic E-state index is 0.153. The van der Waals surface area contributed by atoms with Crippen LogP contribution in [0.2, 0.25) is 0 Å². The van der Waals surface area contributed by atoms with Crippen LogP contribution in [0, 0.1) is 0 Å². The largest absolute Gasteiger partial charge is 0.466 e. The fourth-order valence-corrected chi connectivity index (χ4v) is 2.91. The van der Waals surface area contributed by atoms with Crippen molar-refractivity contribution in [2.45, 2.75) is 26.7 Å². The zero-order valence-electron chi connectivity index (χ0n) is 13.7. The van der Waals surface area contributed by atoms with Crippen molar-refractivity contribution in [1.82, 2.24) is 0 Å². The van der Waals surface area contributed by atoms with Gasteiger partial charge in [-0.2, -0.15) is 0 Å². The van der Waals surface area contributed by atoms with Crippen LogP contribution >= 0.6 is 0 Å². The minimum atomic E-state index is -0.254. The summed E-state index contributed by atoms with van der Waals surface area (Å²) in [6.45, 7) is 3.61. The maximum absolute atomic E-state index is 11.8. The molecule has 1 heterocycles. The summed E-state index contributed by atoms with van der Waals surface area (Å²) in [6, 6.07) is 11.4. The van der Waals surface area contributed by atoms with Crippen molar-refractivity contribution in [2.75, 3.05) is 11.9 Å². The van der Waals surface area contributed by atoms with Gasteiger partial charge in [-0.1, -0.05) is 18.2 Å². The number of hydrogen-bond acceptors (Lipinski definition) is 4. The smallest absolute Gasteiger partial charge is 0.306 e. The Hall–Kier alpha value is -2.82. The van der Waals surface area contributed by atoms with E-state index in [2.05, 4.69) is 5.32 Å². The number of carbonyl (C=O) groups is 2. The lowest BCUT2D eigenvalue weighted by Gasteiger charge is -2.11. The molecule has 0 aliphatic heterocycles. The molecule has 0 fully saturated rings. The lowest BCUT2D eigenvalue weighted by atomic mass is 10.00. The molecule has 24 heavy (non-hydrogen) atoms. The van der Waals surface area contributed by atoms with Crippen LogP contribution in [0.4, 0.5) is 5.69 Å². The van der Waals surface area contributed by atoms with E-state index in [0.717, 1.165) is 27.5 Å². The number of furan rings is 1. The van der Waals surface area contributed by atoms with Gasteiger partial charge in [0.05, 0.1) is 6.61 Å². The summed E-state index contributed by atoms with van der Waals surface area (Å²) >= 11 is 0. The van der Waals surface area contributed by atoms with Crippen LogP contribution in [-0.4, -0.2) is 18.5 Å². The fraction of sp³-hybridized carbons (Fsp3) is 0.263. The summed E-state index contributed by atoms with van der Waals surface area (Å²) in [7, 11) is 0. The first-order valence-electron chi connectivity index (χ1n) is 7.96. The van der Waals surface area contributed by atoms with Gasteiger partial charge in [0.2, 0.25) is 5.91 Å². The van der Waals surface area contributed by atoms with Crippen LogP contribution in [0.25, 0.3) is 21.9 Å². The van der Waals surface area contributed by atoms with E-state index in [0.29, 0.717) is 18.7 Å². The number of esters is 1. The van der Waals surface area contributed by atoms with E-state index >= 15 is 0 Å². The number of amides is 1. The van der Waals surface area contributed by atoms with Gasteiger partial charge in [-0.3, -0.25) is 9.59 Å². The SMILES string of the molecule is CCOC(=O)CCc1c(NC(C)=O)ccc2oc3ccccc3c12. The predicted molar refractivity (Wildman–Crippen MR) is 93.0 cm³/mol. The van der Waals surface area contributed by atoms with E-state index in [1.165, 1.54) is 6.92 Å².